The zero-order chi connectivity index (χ0) is 21.0. The van der Waals surface area contributed by atoms with Gasteiger partial charge in [0.1, 0.15) is 17.3 Å². The topological polar surface area (TPSA) is 45.2 Å². The number of carbonyl (C=O) groups excluding carboxylic acids is 1. The predicted octanol–water partition coefficient (Wildman–Crippen LogP) is 4.33. The second kappa shape index (κ2) is 8.80. The number of alkyl halides is 3. The fraction of sp³-hybridized carbons (Fsp3) is 0.429. The lowest BCUT2D eigenvalue weighted by Crippen LogP contribution is -2.35. The van der Waals surface area contributed by atoms with Crippen LogP contribution in [-0.2, 0) is 23.9 Å². The zero-order valence-corrected chi connectivity index (χ0v) is 16.1. The lowest BCUT2D eigenvalue weighted by Gasteiger charge is -2.33. The molecule has 1 fully saturated rings. The van der Waals surface area contributed by atoms with E-state index in [-0.39, 0.29) is 24.3 Å². The Morgan fingerprint density at radius 3 is 2.48 bits per heavy atom. The number of rotatable bonds is 5. The van der Waals surface area contributed by atoms with Gasteiger partial charge in [0.25, 0.3) is 0 Å². The van der Waals surface area contributed by atoms with E-state index in [1.807, 2.05) is 4.90 Å². The zero-order valence-electron chi connectivity index (χ0n) is 16.1. The highest BCUT2D eigenvalue weighted by molar-refractivity contribution is 5.78. The molecule has 4 nitrogen and oxygen atoms in total. The fourth-order valence-electron chi connectivity index (χ4n) is 3.34. The van der Waals surface area contributed by atoms with Crippen molar-refractivity contribution < 1.29 is 22.4 Å². The van der Waals surface area contributed by atoms with Gasteiger partial charge in [-0.25, -0.2) is 9.37 Å². The third-order valence-corrected chi connectivity index (χ3v) is 5.11. The Morgan fingerprint density at radius 2 is 1.83 bits per heavy atom. The molecule has 1 aliphatic heterocycles. The number of piperidine rings is 1. The van der Waals surface area contributed by atoms with Crippen LogP contribution in [0.1, 0.15) is 36.6 Å². The van der Waals surface area contributed by atoms with Crippen molar-refractivity contribution in [3.63, 3.8) is 0 Å². The predicted molar refractivity (Wildman–Crippen MR) is 102 cm³/mol. The van der Waals surface area contributed by atoms with Gasteiger partial charge in [-0.1, -0.05) is 31.2 Å². The monoisotopic (exact) mass is 409 g/mol. The van der Waals surface area contributed by atoms with Crippen LogP contribution >= 0.6 is 0 Å². The van der Waals surface area contributed by atoms with E-state index < -0.39 is 23.6 Å². The normalized spacial score (nSPS) is 15.4. The van der Waals surface area contributed by atoms with Gasteiger partial charge in [0.2, 0.25) is 5.91 Å². The molecule has 0 bridgehead atoms. The minimum absolute atomic E-state index is 0.0276. The summed E-state index contributed by atoms with van der Waals surface area (Å²) in [5.74, 6) is -0.117. The number of hydrogen-bond donors (Lipinski definition) is 1. The SMILES string of the molecule is CC1CCN(c2nc(C(F)(F)F)ccc2CNC(=O)Cc2ccccc2F)CC1. The van der Waals surface area contributed by atoms with Crippen LogP contribution in [0.15, 0.2) is 36.4 Å². The molecule has 29 heavy (non-hydrogen) atoms. The summed E-state index contributed by atoms with van der Waals surface area (Å²) in [6.45, 7) is 3.37. The van der Waals surface area contributed by atoms with E-state index in [0.717, 1.165) is 18.9 Å². The maximum atomic E-state index is 13.7. The summed E-state index contributed by atoms with van der Waals surface area (Å²) in [5.41, 5.74) is -0.178. The number of hydrogen-bond acceptors (Lipinski definition) is 3. The Kier molecular flexibility index (Phi) is 6.39. The van der Waals surface area contributed by atoms with Crippen LogP contribution in [-0.4, -0.2) is 24.0 Å². The molecular formula is C21H23F4N3O. The van der Waals surface area contributed by atoms with Crippen molar-refractivity contribution in [2.75, 3.05) is 18.0 Å². The molecular weight excluding hydrogens is 386 g/mol. The van der Waals surface area contributed by atoms with Gasteiger partial charge >= 0.3 is 6.18 Å². The summed E-state index contributed by atoms with van der Waals surface area (Å²) < 4.78 is 53.1. The molecule has 2 aromatic rings. The Labute approximate surface area is 166 Å². The molecule has 1 aliphatic rings. The Bertz CT molecular complexity index is 861. The number of nitrogens with zero attached hydrogens (tertiary/aromatic N) is 2. The van der Waals surface area contributed by atoms with E-state index in [2.05, 4.69) is 17.2 Å². The number of nitrogens with one attached hydrogen (secondary N) is 1. The summed E-state index contributed by atoms with van der Waals surface area (Å²) in [5, 5.41) is 2.67. The van der Waals surface area contributed by atoms with Gasteiger partial charge in [-0.05, 0) is 36.5 Å². The first-order valence-corrected chi connectivity index (χ1v) is 9.56. The van der Waals surface area contributed by atoms with Crippen molar-refractivity contribution in [2.45, 2.75) is 38.9 Å². The smallest absolute Gasteiger partial charge is 0.356 e. The van der Waals surface area contributed by atoms with Crippen LogP contribution in [0.4, 0.5) is 23.4 Å². The minimum Gasteiger partial charge on any atom is -0.356 e. The van der Waals surface area contributed by atoms with E-state index in [0.29, 0.717) is 24.6 Å². The van der Waals surface area contributed by atoms with E-state index in [4.69, 9.17) is 0 Å². The van der Waals surface area contributed by atoms with E-state index in [9.17, 15) is 22.4 Å². The summed E-state index contributed by atoms with van der Waals surface area (Å²) in [6.07, 6.45) is -2.93. The van der Waals surface area contributed by atoms with E-state index >= 15 is 0 Å². The number of anilines is 1. The first-order valence-electron chi connectivity index (χ1n) is 9.56. The summed E-state index contributed by atoms with van der Waals surface area (Å²) in [6, 6.07) is 8.26. The number of halogens is 4. The quantitative estimate of drug-likeness (QED) is 0.748. The molecule has 156 valence electrons. The number of amides is 1. The van der Waals surface area contributed by atoms with E-state index in [1.165, 1.54) is 24.3 Å². The molecule has 0 atom stereocenters. The standard InChI is InChI=1S/C21H23F4N3O/c1-14-8-10-28(11-9-14)20-16(6-7-18(27-20)21(23,24)25)13-26-19(29)12-15-4-2-3-5-17(15)22/h2-7,14H,8-13H2,1H3,(H,26,29). The van der Waals surface area contributed by atoms with Crippen molar-refractivity contribution >= 4 is 11.7 Å². The molecule has 0 spiro atoms. The van der Waals surface area contributed by atoms with Crippen molar-refractivity contribution in [2.24, 2.45) is 5.92 Å². The first kappa shape index (κ1) is 21.1. The molecule has 1 aromatic carbocycles. The molecule has 0 radical (unpaired) electrons. The lowest BCUT2D eigenvalue weighted by molar-refractivity contribution is -0.141. The van der Waals surface area contributed by atoms with Crippen molar-refractivity contribution in [1.82, 2.24) is 10.3 Å². The highest BCUT2D eigenvalue weighted by Crippen LogP contribution is 2.32. The summed E-state index contributed by atoms with van der Waals surface area (Å²) in [4.78, 5) is 17.9. The Hall–Kier alpha value is -2.64. The molecule has 2 heterocycles. The molecule has 3 rings (SSSR count). The van der Waals surface area contributed by atoms with Gasteiger partial charge in [0, 0.05) is 25.2 Å². The van der Waals surface area contributed by atoms with Crippen molar-refractivity contribution in [1.29, 1.82) is 0 Å². The van der Waals surface area contributed by atoms with Crippen LogP contribution < -0.4 is 10.2 Å². The molecule has 1 aromatic heterocycles. The van der Waals surface area contributed by atoms with Crippen LogP contribution in [0.3, 0.4) is 0 Å². The molecule has 8 heteroatoms. The van der Waals surface area contributed by atoms with Crippen molar-refractivity contribution in [3.05, 3.63) is 59.0 Å². The maximum absolute atomic E-state index is 13.7. The molecule has 0 aliphatic carbocycles. The molecule has 1 amide bonds. The number of aromatic nitrogens is 1. The van der Waals surface area contributed by atoms with Crippen LogP contribution in [0.25, 0.3) is 0 Å². The molecule has 0 unspecified atom stereocenters. The van der Waals surface area contributed by atoms with Crippen LogP contribution in [0.2, 0.25) is 0 Å². The second-order valence-electron chi connectivity index (χ2n) is 7.39. The lowest BCUT2D eigenvalue weighted by atomic mass is 9.99. The van der Waals surface area contributed by atoms with Gasteiger partial charge in [-0.2, -0.15) is 13.2 Å². The third-order valence-electron chi connectivity index (χ3n) is 5.11. The molecule has 1 N–H and O–H groups in total. The Balaban J connectivity index is 1.75. The molecule has 1 saturated heterocycles. The minimum atomic E-state index is -4.54. The summed E-state index contributed by atoms with van der Waals surface area (Å²) in [7, 11) is 0. The fourth-order valence-corrected chi connectivity index (χ4v) is 3.34. The average Bonchev–Trinajstić information content (AvgIpc) is 2.68. The largest absolute Gasteiger partial charge is 0.433 e. The highest BCUT2D eigenvalue weighted by Gasteiger charge is 2.34. The Morgan fingerprint density at radius 1 is 1.14 bits per heavy atom. The first-order chi connectivity index (χ1) is 13.7. The van der Waals surface area contributed by atoms with Gasteiger partial charge in [-0.3, -0.25) is 4.79 Å². The highest BCUT2D eigenvalue weighted by atomic mass is 19.4. The third kappa shape index (κ3) is 5.46. The van der Waals surface area contributed by atoms with E-state index in [1.54, 1.807) is 6.07 Å². The number of carbonyl (C=O) groups is 1. The second-order valence-corrected chi connectivity index (χ2v) is 7.39. The van der Waals surface area contributed by atoms with Gasteiger partial charge < -0.3 is 10.2 Å². The van der Waals surface area contributed by atoms with Crippen molar-refractivity contribution in [3.8, 4) is 0 Å². The van der Waals surface area contributed by atoms with Gasteiger partial charge in [-0.15, -0.1) is 0 Å². The van der Waals surface area contributed by atoms with Crippen LogP contribution in [0.5, 0.6) is 0 Å². The number of benzene rings is 1. The maximum Gasteiger partial charge on any atom is 0.433 e. The summed E-state index contributed by atoms with van der Waals surface area (Å²) >= 11 is 0. The van der Waals surface area contributed by atoms with Crippen LogP contribution in [0, 0.1) is 11.7 Å². The molecule has 0 saturated carbocycles. The van der Waals surface area contributed by atoms with Gasteiger partial charge in [0.05, 0.1) is 6.42 Å². The average molecular weight is 409 g/mol. The van der Waals surface area contributed by atoms with Gasteiger partial charge in [0.15, 0.2) is 0 Å². The number of pyridine rings is 1.